The summed E-state index contributed by atoms with van der Waals surface area (Å²) in [7, 11) is 0. The molecule has 0 rings (SSSR count). The maximum atomic E-state index is 10.1. The normalized spacial score (nSPS) is 12.7. The van der Waals surface area contributed by atoms with Crippen molar-refractivity contribution in [2.24, 2.45) is 5.41 Å². The minimum atomic E-state index is -0.894. The van der Waals surface area contributed by atoms with Gasteiger partial charge in [-0.2, -0.15) is 0 Å². The van der Waals surface area contributed by atoms with Crippen molar-refractivity contribution < 1.29 is 9.90 Å². The van der Waals surface area contributed by atoms with Crippen molar-refractivity contribution in [3.05, 3.63) is 24.3 Å². The van der Waals surface area contributed by atoms with Crippen LogP contribution in [0.3, 0.4) is 0 Å². The smallest absolute Gasteiger partial charge is 0.328 e. The Labute approximate surface area is 99.1 Å². The fourth-order valence-corrected chi connectivity index (χ4v) is 1.41. The molecular weight excluding hydrogens is 200 g/mol. The molecule has 0 amide bonds. The van der Waals surface area contributed by atoms with Crippen molar-refractivity contribution in [2.75, 3.05) is 0 Å². The first-order chi connectivity index (χ1) is 7.42. The summed E-state index contributed by atoms with van der Waals surface area (Å²) in [5, 5.41) is 8.34. The molecule has 0 fully saturated rings. The van der Waals surface area contributed by atoms with Crippen LogP contribution in [0.1, 0.15) is 52.9 Å². The molecule has 0 atom stereocenters. The van der Waals surface area contributed by atoms with Gasteiger partial charge in [-0.15, -0.1) is 0 Å². The van der Waals surface area contributed by atoms with Gasteiger partial charge >= 0.3 is 5.97 Å². The minimum absolute atomic E-state index is 0.445. The zero-order chi connectivity index (χ0) is 12.4. The maximum absolute atomic E-state index is 10.1. The molecule has 0 aliphatic rings. The molecule has 0 unspecified atom stereocenters. The molecule has 16 heavy (non-hydrogen) atoms. The second-order valence-electron chi connectivity index (χ2n) is 5.29. The Morgan fingerprint density at radius 1 is 1.12 bits per heavy atom. The Kier molecular flexibility index (Phi) is 7.61. The largest absolute Gasteiger partial charge is 0.478 e. The average molecular weight is 224 g/mol. The summed E-state index contributed by atoms with van der Waals surface area (Å²) < 4.78 is 0. The average Bonchev–Trinajstić information content (AvgIpc) is 2.13. The predicted octanol–water partition coefficient (Wildman–Crippen LogP) is 4.18. The number of rotatable bonds is 7. The predicted molar refractivity (Wildman–Crippen MR) is 68.5 cm³/mol. The SMILES string of the molecule is CC(C)(C)CCCCC/C=C/C=C/C(=O)O. The van der Waals surface area contributed by atoms with Gasteiger partial charge in [0.15, 0.2) is 0 Å². The third kappa shape index (κ3) is 12.9. The summed E-state index contributed by atoms with van der Waals surface area (Å²) in [5.74, 6) is -0.894. The summed E-state index contributed by atoms with van der Waals surface area (Å²) in [5.41, 5.74) is 0.445. The van der Waals surface area contributed by atoms with Crippen molar-refractivity contribution in [1.82, 2.24) is 0 Å². The van der Waals surface area contributed by atoms with Gasteiger partial charge in [0, 0.05) is 6.08 Å². The number of carboxylic acid groups (broad SMARTS) is 1. The molecule has 1 N–H and O–H groups in total. The van der Waals surface area contributed by atoms with Gasteiger partial charge in [0.2, 0.25) is 0 Å². The van der Waals surface area contributed by atoms with E-state index < -0.39 is 5.97 Å². The molecule has 92 valence electrons. The Bertz CT molecular complexity index is 244. The van der Waals surface area contributed by atoms with Crippen LogP contribution in [0.15, 0.2) is 24.3 Å². The molecule has 0 bridgehead atoms. The molecule has 0 aromatic carbocycles. The lowest BCUT2D eigenvalue weighted by atomic mass is 9.89. The topological polar surface area (TPSA) is 37.3 Å². The third-order valence-corrected chi connectivity index (χ3v) is 2.28. The molecule has 0 saturated heterocycles. The summed E-state index contributed by atoms with van der Waals surface area (Å²) in [6.45, 7) is 6.80. The van der Waals surface area contributed by atoms with Crippen LogP contribution in [0.2, 0.25) is 0 Å². The van der Waals surface area contributed by atoms with Crippen LogP contribution in [0, 0.1) is 5.41 Å². The van der Waals surface area contributed by atoms with Crippen molar-refractivity contribution in [3.8, 4) is 0 Å². The van der Waals surface area contributed by atoms with Crippen molar-refractivity contribution >= 4 is 5.97 Å². The fraction of sp³-hybridized carbons (Fsp3) is 0.643. The van der Waals surface area contributed by atoms with Gasteiger partial charge in [0.1, 0.15) is 0 Å². The third-order valence-electron chi connectivity index (χ3n) is 2.28. The van der Waals surface area contributed by atoms with E-state index in [1.54, 1.807) is 12.2 Å². The van der Waals surface area contributed by atoms with E-state index in [9.17, 15) is 4.79 Å². The molecule has 0 radical (unpaired) electrons. The number of hydrogen-bond donors (Lipinski definition) is 1. The molecule has 0 aliphatic carbocycles. The van der Waals surface area contributed by atoms with Gasteiger partial charge < -0.3 is 5.11 Å². The van der Waals surface area contributed by atoms with E-state index in [0.717, 1.165) is 12.5 Å². The number of allylic oxidation sites excluding steroid dienone is 3. The number of aliphatic carboxylic acids is 1. The maximum Gasteiger partial charge on any atom is 0.328 e. The first-order valence-electron chi connectivity index (χ1n) is 5.98. The van der Waals surface area contributed by atoms with Crippen LogP contribution in [-0.2, 0) is 4.79 Å². The van der Waals surface area contributed by atoms with Crippen LogP contribution in [0.4, 0.5) is 0 Å². The first kappa shape index (κ1) is 14.9. The summed E-state index contributed by atoms with van der Waals surface area (Å²) in [6, 6.07) is 0. The van der Waals surface area contributed by atoms with Gasteiger partial charge in [-0.1, -0.05) is 51.8 Å². The number of carboxylic acids is 1. The highest BCUT2D eigenvalue weighted by Gasteiger charge is 2.08. The van der Waals surface area contributed by atoms with Crippen LogP contribution in [0.5, 0.6) is 0 Å². The molecule has 0 aliphatic heterocycles. The molecular formula is C14H24O2. The Balaban J connectivity index is 3.37. The highest BCUT2D eigenvalue weighted by Crippen LogP contribution is 2.22. The zero-order valence-corrected chi connectivity index (χ0v) is 10.7. The lowest BCUT2D eigenvalue weighted by molar-refractivity contribution is -0.131. The zero-order valence-electron chi connectivity index (χ0n) is 10.7. The van der Waals surface area contributed by atoms with E-state index in [2.05, 4.69) is 20.8 Å². The summed E-state index contributed by atoms with van der Waals surface area (Å²) in [4.78, 5) is 10.1. The van der Waals surface area contributed by atoms with Crippen molar-refractivity contribution in [1.29, 1.82) is 0 Å². The molecule has 0 saturated carbocycles. The lowest BCUT2D eigenvalue weighted by Crippen LogP contribution is -2.03. The van der Waals surface area contributed by atoms with Crippen LogP contribution >= 0.6 is 0 Å². The second kappa shape index (κ2) is 8.14. The minimum Gasteiger partial charge on any atom is -0.478 e. The standard InChI is InChI=1S/C14H24O2/c1-14(2,3)12-10-8-6-4-5-7-9-11-13(15)16/h5,7,9,11H,4,6,8,10,12H2,1-3H3,(H,15,16)/b7-5+,11-9+. The van der Waals surface area contributed by atoms with Gasteiger partial charge in [0.25, 0.3) is 0 Å². The van der Waals surface area contributed by atoms with Crippen molar-refractivity contribution in [2.45, 2.75) is 52.9 Å². The summed E-state index contributed by atoms with van der Waals surface area (Å²) >= 11 is 0. The van der Waals surface area contributed by atoms with Gasteiger partial charge in [-0.3, -0.25) is 0 Å². The highest BCUT2D eigenvalue weighted by atomic mass is 16.4. The van der Waals surface area contributed by atoms with Crippen LogP contribution in [0.25, 0.3) is 0 Å². The Morgan fingerprint density at radius 2 is 1.81 bits per heavy atom. The van der Waals surface area contributed by atoms with E-state index >= 15 is 0 Å². The van der Waals surface area contributed by atoms with E-state index in [1.165, 1.54) is 25.7 Å². The van der Waals surface area contributed by atoms with Gasteiger partial charge in [-0.05, 0) is 24.7 Å². The Hall–Kier alpha value is -1.05. The highest BCUT2D eigenvalue weighted by molar-refractivity contribution is 5.80. The van der Waals surface area contributed by atoms with E-state index in [-0.39, 0.29) is 0 Å². The van der Waals surface area contributed by atoms with E-state index in [4.69, 9.17) is 5.11 Å². The van der Waals surface area contributed by atoms with Crippen LogP contribution < -0.4 is 0 Å². The molecule has 0 spiro atoms. The number of unbranched alkanes of at least 4 members (excludes halogenated alkanes) is 3. The monoisotopic (exact) mass is 224 g/mol. The second-order valence-corrected chi connectivity index (χ2v) is 5.29. The van der Waals surface area contributed by atoms with Gasteiger partial charge in [0.05, 0.1) is 0 Å². The molecule has 2 nitrogen and oxygen atoms in total. The lowest BCUT2D eigenvalue weighted by Gasteiger charge is -2.17. The molecule has 0 aromatic heterocycles. The van der Waals surface area contributed by atoms with E-state index in [1.807, 2.05) is 6.08 Å². The van der Waals surface area contributed by atoms with Crippen LogP contribution in [-0.4, -0.2) is 11.1 Å². The first-order valence-corrected chi connectivity index (χ1v) is 5.98. The quantitative estimate of drug-likeness (QED) is 0.400. The molecule has 0 heterocycles. The Morgan fingerprint density at radius 3 is 2.38 bits per heavy atom. The number of carbonyl (C=O) groups is 1. The molecule has 2 heteroatoms. The van der Waals surface area contributed by atoms with Crippen molar-refractivity contribution in [3.63, 3.8) is 0 Å². The number of hydrogen-bond acceptors (Lipinski definition) is 1. The summed E-state index contributed by atoms with van der Waals surface area (Å²) in [6.07, 6.45) is 12.6. The molecule has 0 aromatic rings. The fourth-order valence-electron chi connectivity index (χ4n) is 1.41. The van der Waals surface area contributed by atoms with Gasteiger partial charge in [-0.25, -0.2) is 4.79 Å². The van der Waals surface area contributed by atoms with E-state index in [0.29, 0.717) is 5.41 Å².